The molecule has 1 saturated heterocycles. The Balaban J connectivity index is 2.10. The molecule has 0 spiro atoms. The first-order valence-corrected chi connectivity index (χ1v) is 7.01. The number of rotatable bonds is 3. The third kappa shape index (κ3) is 3.52. The highest BCUT2D eigenvalue weighted by molar-refractivity contribution is 9.10. The van der Waals surface area contributed by atoms with Gasteiger partial charge in [0.15, 0.2) is 0 Å². The van der Waals surface area contributed by atoms with Gasteiger partial charge in [-0.15, -0.1) is 0 Å². The fourth-order valence-electron chi connectivity index (χ4n) is 2.23. The Morgan fingerprint density at radius 3 is 3.11 bits per heavy atom. The lowest BCUT2D eigenvalue weighted by molar-refractivity contribution is -0.126. The maximum absolute atomic E-state index is 13.2. The summed E-state index contributed by atoms with van der Waals surface area (Å²) >= 11 is 3.18. The van der Waals surface area contributed by atoms with Crippen molar-refractivity contribution in [3.8, 4) is 0 Å². The monoisotopic (exact) mass is 329 g/mol. The van der Waals surface area contributed by atoms with Crippen molar-refractivity contribution in [2.45, 2.75) is 12.6 Å². The van der Waals surface area contributed by atoms with Gasteiger partial charge in [0.1, 0.15) is 11.9 Å². The summed E-state index contributed by atoms with van der Waals surface area (Å²) in [7, 11) is 1.64. The largest absolute Gasteiger partial charge is 0.358 e. The molecule has 0 radical (unpaired) electrons. The van der Waals surface area contributed by atoms with Crippen LogP contribution in [0.4, 0.5) is 4.39 Å². The number of amides is 1. The molecule has 1 fully saturated rings. The number of nitrogens with zero attached hydrogens (tertiary/aromatic N) is 1. The molecule has 1 aromatic rings. The second-order valence-electron chi connectivity index (χ2n) is 4.55. The average Bonchev–Trinajstić information content (AvgIpc) is 2.43. The highest BCUT2D eigenvalue weighted by Gasteiger charge is 2.27. The van der Waals surface area contributed by atoms with E-state index in [4.69, 9.17) is 0 Å². The van der Waals surface area contributed by atoms with Gasteiger partial charge in [0, 0.05) is 33.2 Å². The zero-order valence-electron chi connectivity index (χ0n) is 10.7. The molecule has 1 aliphatic heterocycles. The van der Waals surface area contributed by atoms with Gasteiger partial charge in [0.25, 0.3) is 0 Å². The molecule has 4 nitrogen and oxygen atoms in total. The van der Waals surface area contributed by atoms with Gasteiger partial charge in [-0.3, -0.25) is 9.69 Å². The first kappa shape index (κ1) is 14.4. The van der Waals surface area contributed by atoms with Gasteiger partial charge in [-0.2, -0.15) is 0 Å². The molecule has 1 aromatic carbocycles. The molecule has 0 aliphatic carbocycles. The predicted molar refractivity (Wildman–Crippen MR) is 75.2 cm³/mol. The van der Waals surface area contributed by atoms with Gasteiger partial charge in [-0.25, -0.2) is 4.39 Å². The van der Waals surface area contributed by atoms with Crippen molar-refractivity contribution in [2.75, 3.05) is 26.7 Å². The van der Waals surface area contributed by atoms with Crippen LogP contribution in [0.3, 0.4) is 0 Å². The number of hydrogen-bond acceptors (Lipinski definition) is 3. The van der Waals surface area contributed by atoms with Gasteiger partial charge < -0.3 is 10.6 Å². The lowest BCUT2D eigenvalue weighted by Gasteiger charge is -2.34. The number of carbonyl (C=O) groups excluding carboxylic acids is 1. The lowest BCUT2D eigenvalue weighted by atomic mass is 10.1. The fourth-order valence-corrected chi connectivity index (χ4v) is 2.66. The van der Waals surface area contributed by atoms with Crippen LogP contribution in [-0.2, 0) is 11.3 Å². The van der Waals surface area contributed by atoms with Crippen molar-refractivity contribution in [2.24, 2.45) is 0 Å². The zero-order valence-corrected chi connectivity index (χ0v) is 12.3. The van der Waals surface area contributed by atoms with Crippen LogP contribution >= 0.6 is 15.9 Å². The minimum Gasteiger partial charge on any atom is -0.358 e. The van der Waals surface area contributed by atoms with Crippen molar-refractivity contribution in [1.29, 1.82) is 0 Å². The van der Waals surface area contributed by atoms with Crippen LogP contribution in [0.5, 0.6) is 0 Å². The standard InChI is InChI=1S/C13H17BrFN3O/c1-16-13(19)12-7-17-4-5-18(12)8-9-2-3-11(15)10(14)6-9/h2-3,6,12,17H,4-5,7-8H2,1H3,(H,16,19). The number of piperazine rings is 1. The van der Waals surface area contributed by atoms with Crippen molar-refractivity contribution in [1.82, 2.24) is 15.5 Å². The van der Waals surface area contributed by atoms with E-state index in [-0.39, 0.29) is 17.8 Å². The van der Waals surface area contributed by atoms with Crippen molar-refractivity contribution in [3.63, 3.8) is 0 Å². The third-order valence-electron chi connectivity index (χ3n) is 3.27. The van der Waals surface area contributed by atoms with Crippen LogP contribution in [0, 0.1) is 5.82 Å². The van der Waals surface area contributed by atoms with E-state index >= 15 is 0 Å². The maximum atomic E-state index is 13.2. The summed E-state index contributed by atoms with van der Waals surface area (Å²) in [6, 6.07) is 4.78. The van der Waals surface area contributed by atoms with Crippen LogP contribution in [0.2, 0.25) is 0 Å². The average molecular weight is 330 g/mol. The summed E-state index contributed by atoms with van der Waals surface area (Å²) < 4.78 is 13.7. The molecule has 6 heteroatoms. The summed E-state index contributed by atoms with van der Waals surface area (Å²) in [6.45, 7) is 2.93. The normalized spacial score (nSPS) is 20.3. The first-order valence-electron chi connectivity index (χ1n) is 6.22. The van der Waals surface area contributed by atoms with Gasteiger partial charge >= 0.3 is 0 Å². The van der Waals surface area contributed by atoms with Crippen LogP contribution in [0.1, 0.15) is 5.56 Å². The number of benzene rings is 1. The predicted octanol–water partition coefficient (Wildman–Crippen LogP) is 1.11. The van der Waals surface area contributed by atoms with Gasteiger partial charge in [-0.1, -0.05) is 6.07 Å². The molecule has 0 bridgehead atoms. The summed E-state index contributed by atoms with van der Waals surface area (Å²) in [5.41, 5.74) is 0.990. The van der Waals surface area contributed by atoms with E-state index in [2.05, 4.69) is 31.5 Å². The second kappa shape index (κ2) is 6.45. The molecule has 19 heavy (non-hydrogen) atoms. The summed E-state index contributed by atoms with van der Waals surface area (Å²) in [6.07, 6.45) is 0. The number of carbonyl (C=O) groups is 1. The SMILES string of the molecule is CNC(=O)C1CNCCN1Cc1ccc(F)c(Br)c1. The highest BCUT2D eigenvalue weighted by Crippen LogP contribution is 2.19. The Hall–Kier alpha value is -0.980. The summed E-state index contributed by atoms with van der Waals surface area (Å²) in [4.78, 5) is 13.9. The minimum atomic E-state index is -0.271. The molecule has 0 aromatic heterocycles. The molecular formula is C13H17BrFN3O. The zero-order chi connectivity index (χ0) is 13.8. The topological polar surface area (TPSA) is 44.4 Å². The Kier molecular flexibility index (Phi) is 4.90. The molecule has 0 saturated carbocycles. The quantitative estimate of drug-likeness (QED) is 0.873. The Morgan fingerprint density at radius 2 is 2.42 bits per heavy atom. The molecule has 104 valence electrons. The van der Waals surface area contributed by atoms with Gasteiger partial charge in [-0.05, 0) is 33.6 Å². The van der Waals surface area contributed by atoms with Crippen molar-refractivity contribution in [3.05, 3.63) is 34.1 Å². The number of likely N-dealkylation sites (N-methyl/N-ethyl adjacent to an activating group) is 1. The molecule has 2 rings (SSSR count). The summed E-state index contributed by atoms with van der Waals surface area (Å²) in [5.74, 6) is -0.264. The van der Waals surface area contributed by atoms with E-state index in [0.717, 1.165) is 18.7 Å². The van der Waals surface area contributed by atoms with Crippen molar-refractivity contribution < 1.29 is 9.18 Å². The van der Waals surface area contributed by atoms with Crippen LogP contribution in [0.25, 0.3) is 0 Å². The Labute approximate surface area is 120 Å². The molecular weight excluding hydrogens is 313 g/mol. The maximum Gasteiger partial charge on any atom is 0.238 e. The Morgan fingerprint density at radius 1 is 1.63 bits per heavy atom. The lowest BCUT2D eigenvalue weighted by Crippen LogP contribution is -2.56. The van der Waals surface area contributed by atoms with Crippen LogP contribution in [0.15, 0.2) is 22.7 Å². The second-order valence-corrected chi connectivity index (χ2v) is 5.41. The van der Waals surface area contributed by atoms with E-state index in [1.165, 1.54) is 6.07 Å². The number of nitrogens with one attached hydrogen (secondary N) is 2. The minimum absolute atomic E-state index is 0.00776. The molecule has 1 heterocycles. The molecule has 1 atom stereocenters. The fraction of sp³-hybridized carbons (Fsp3) is 0.462. The number of hydrogen-bond donors (Lipinski definition) is 2. The molecule has 1 aliphatic rings. The van der Waals surface area contributed by atoms with Crippen molar-refractivity contribution >= 4 is 21.8 Å². The molecule has 2 N–H and O–H groups in total. The van der Waals surface area contributed by atoms with E-state index < -0.39 is 0 Å². The third-order valence-corrected chi connectivity index (χ3v) is 3.88. The summed E-state index contributed by atoms with van der Waals surface area (Å²) in [5, 5.41) is 5.90. The van der Waals surface area contributed by atoms with Crippen LogP contribution < -0.4 is 10.6 Å². The van der Waals surface area contributed by atoms with E-state index in [1.54, 1.807) is 19.2 Å². The van der Waals surface area contributed by atoms with Gasteiger partial charge in [0.2, 0.25) is 5.91 Å². The highest BCUT2D eigenvalue weighted by atomic mass is 79.9. The van der Waals surface area contributed by atoms with E-state index in [9.17, 15) is 9.18 Å². The smallest absolute Gasteiger partial charge is 0.238 e. The Bertz CT molecular complexity index is 469. The first-order chi connectivity index (χ1) is 9.11. The molecule has 1 unspecified atom stereocenters. The van der Waals surface area contributed by atoms with E-state index in [1.807, 2.05) is 0 Å². The molecule has 1 amide bonds. The van der Waals surface area contributed by atoms with Crippen LogP contribution in [-0.4, -0.2) is 43.5 Å². The van der Waals surface area contributed by atoms with E-state index in [0.29, 0.717) is 17.6 Å². The number of halogens is 2. The van der Waals surface area contributed by atoms with Gasteiger partial charge in [0.05, 0.1) is 4.47 Å².